The minimum atomic E-state index is 0.324. The van der Waals surface area contributed by atoms with E-state index in [4.69, 9.17) is 5.73 Å². The molecule has 1 unspecified atom stereocenters. The third-order valence-electron chi connectivity index (χ3n) is 4.97. The molecule has 0 bridgehead atoms. The molecule has 1 aliphatic rings. The maximum atomic E-state index is 6.00. The lowest BCUT2D eigenvalue weighted by Crippen LogP contribution is -2.45. The van der Waals surface area contributed by atoms with Gasteiger partial charge in [0.05, 0.1) is 0 Å². The van der Waals surface area contributed by atoms with E-state index in [9.17, 15) is 0 Å². The van der Waals surface area contributed by atoms with Crippen molar-refractivity contribution in [3.8, 4) is 0 Å². The average Bonchev–Trinajstić information content (AvgIpc) is 2.83. The molecule has 18 heavy (non-hydrogen) atoms. The van der Waals surface area contributed by atoms with Crippen LogP contribution in [0.1, 0.15) is 46.5 Å². The molecule has 0 aliphatic carbocycles. The topological polar surface area (TPSA) is 32.5 Å². The summed E-state index contributed by atoms with van der Waals surface area (Å²) >= 11 is 0. The lowest BCUT2D eigenvalue weighted by atomic mass is 9.82. The van der Waals surface area contributed by atoms with Crippen LogP contribution in [0.2, 0.25) is 0 Å². The second kappa shape index (κ2) is 7.46. The molecule has 1 atom stereocenters. The minimum absolute atomic E-state index is 0.324. The Bertz CT molecular complexity index is 218. The summed E-state index contributed by atoms with van der Waals surface area (Å²) < 4.78 is 0. The van der Waals surface area contributed by atoms with Gasteiger partial charge in [-0.3, -0.25) is 4.90 Å². The van der Waals surface area contributed by atoms with Crippen molar-refractivity contribution in [2.24, 2.45) is 11.1 Å². The normalized spacial score (nSPS) is 22.0. The molecule has 1 rings (SSSR count). The largest absolute Gasteiger partial charge is 0.330 e. The van der Waals surface area contributed by atoms with Gasteiger partial charge in [0.1, 0.15) is 0 Å². The first-order chi connectivity index (χ1) is 8.60. The molecule has 0 radical (unpaired) electrons. The highest BCUT2D eigenvalue weighted by atomic mass is 15.2. The molecule has 0 saturated carbocycles. The molecule has 0 aromatic carbocycles. The number of hydrogen-bond acceptors (Lipinski definition) is 3. The molecular weight excluding hydrogens is 222 g/mol. The van der Waals surface area contributed by atoms with Crippen molar-refractivity contribution in [1.29, 1.82) is 0 Å². The molecule has 0 aromatic rings. The summed E-state index contributed by atoms with van der Waals surface area (Å²) in [6.07, 6.45) is 5.11. The fraction of sp³-hybridized carbons (Fsp3) is 1.00. The van der Waals surface area contributed by atoms with Crippen LogP contribution < -0.4 is 5.73 Å². The van der Waals surface area contributed by atoms with Crippen molar-refractivity contribution in [3.63, 3.8) is 0 Å². The first-order valence-corrected chi connectivity index (χ1v) is 7.73. The molecular formula is C15H33N3. The number of likely N-dealkylation sites (tertiary alicyclic amines) is 1. The zero-order valence-electron chi connectivity index (χ0n) is 12.9. The molecule has 1 heterocycles. The van der Waals surface area contributed by atoms with Crippen LogP contribution in [0, 0.1) is 5.41 Å². The van der Waals surface area contributed by atoms with Crippen LogP contribution in [0.15, 0.2) is 0 Å². The minimum Gasteiger partial charge on any atom is -0.330 e. The van der Waals surface area contributed by atoms with Crippen LogP contribution in [0.4, 0.5) is 0 Å². The van der Waals surface area contributed by atoms with Crippen LogP contribution in [0.25, 0.3) is 0 Å². The van der Waals surface area contributed by atoms with Crippen molar-refractivity contribution in [3.05, 3.63) is 0 Å². The average molecular weight is 255 g/mol. The second-order valence-corrected chi connectivity index (χ2v) is 6.03. The monoisotopic (exact) mass is 255 g/mol. The standard InChI is InChI=1S/C15H33N3/c1-5-15(6-2,12-16)13-17(4)11-14-9-8-10-18(14)7-3/h14H,5-13,16H2,1-4H3. The van der Waals surface area contributed by atoms with E-state index in [2.05, 4.69) is 37.6 Å². The molecule has 1 aliphatic heterocycles. The summed E-state index contributed by atoms with van der Waals surface area (Å²) in [6, 6.07) is 0.768. The van der Waals surface area contributed by atoms with Gasteiger partial charge in [0.15, 0.2) is 0 Å². The Kier molecular flexibility index (Phi) is 6.61. The van der Waals surface area contributed by atoms with E-state index in [1.807, 2.05) is 0 Å². The third-order valence-corrected chi connectivity index (χ3v) is 4.97. The van der Waals surface area contributed by atoms with Gasteiger partial charge in [-0.15, -0.1) is 0 Å². The van der Waals surface area contributed by atoms with E-state index < -0.39 is 0 Å². The van der Waals surface area contributed by atoms with Crippen molar-refractivity contribution in [2.75, 3.05) is 39.8 Å². The summed E-state index contributed by atoms with van der Waals surface area (Å²) in [5, 5.41) is 0. The van der Waals surface area contributed by atoms with Crippen LogP contribution in [-0.4, -0.2) is 55.6 Å². The van der Waals surface area contributed by atoms with Crippen molar-refractivity contribution < 1.29 is 0 Å². The van der Waals surface area contributed by atoms with Crippen molar-refractivity contribution in [2.45, 2.75) is 52.5 Å². The molecule has 0 aromatic heterocycles. The van der Waals surface area contributed by atoms with Gasteiger partial charge in [0, 0.05) is 19.1 Å². The zero-order chi connectivity index (χ0) is 13.6. The fourth-order valence-corrected chi connectivity index (χ4v) is 3.34. The number of hydrogen-bond donors (Lipinski definition) is 1. The van der Waals surface area contributed by atoms with Crippen LogP contribution in [-0.2, 0) is 0 Å². The first kappa shape index (κ1) is 15.9. The maximum absolute atomic E-state index is 6.00. The highest BCUT2D eigenvalue weighted by molar-refractivity contribution is 4.85. The molecule has 0 amide bonds. The summed E-state index contributed by atoms with van der Waals surface area (Å²) in [5.41, 5.74) is 6.33. The van der Waals surface area contributed by atoms with E-state index in [0.717, 1.165) is 19.1 Å². The Hall–Kier alpha value is -0.120. The molecule has 1 saturated heterocycles. The second-order valence-electron chi connectivity index (χ2n) is 6.03. The van der Waals surface area contributed by atoms with Crippen LogP contribution >= 0.6 is 0 Å². The first-order valence-electron chi connectivity index (χ1n) is 7.73. The van der Waals surface area contributed by atoms with Crippen LogP contribution in [0.5, 0.6) is 0 Å². The van der Waals surface area contributed by atoms with Crippen molar-refractivity contribution in [1.82, 2.24) is 9.80 Å². The van der Waals surface area contributed by atoms with E-state index in [1.165, 1.54) is 45.3 Å². The number of likely N-dealkylation sites (N-methyl/N-ethyl adjacent to an activating group) is 2. The lowest BCUT2D eigenvalue weighted by molar-refractivity contribution is 0.133. The Morgan fingerprint density at radius 1 is 1.28 bits per heavy atom. The molecule has 1 fully saturated rings. The zero-order valence-corrected chi connectivity index (χ0v) is 12.9. The van der Waals surface area contributed by atoms with Gasteiger partial charge in [-0.25, -0.2) is 0 Å². The van der Waals surface area contributed by atoms with Crippen LogP contribution in [0.3, 0.4) is 0 Å². The predicted octanol–water partition coefficient (Wildman–Crippen LogP) is 2.17. The Labute approximate surface area is 114 Å². The van der Waals surface area contributed by atoms with E-state index in [1.54, 1.807) is 0 Å². The van der Waals surface area contributed by atoms with Gasteiger partial charge in [-0.05, 0) is 57.8 Å². The highest BCUT2D eigenvalue weighted by Gasteiger charge is 2.29. The number of nitrogens with zero attached hydrogens (tertiary/aromatic N) is 2. The Morgan fingerprint density at radius 2 is 1.94 bits per heavy atom. The summed E-state index contributed by atoms with van der Waals surface area (Å²) in [6.45, 7) is 12.5. The molecule has 108 valence electrons. The fourth-order valence-electron chi connectivity index (χ4n) is 3.34. The summed E-state index contributed by atoms with van der Waals surface area (Å²) in [4.78, 5) is 5.14. The van der Waals surface area contributed by atoms with E-state index >= 15 is 0 Å². The van der Waals surface area contributed by atoms with Gasteiger partial charge >= 0.3 is 0 Å². The SMILES string of the molecule is CCN1CCCC1CN(C)CC(CC)(CC)CN. The quantitative estimate of drug-likeness (QED) is 0.721. The number of nitrogens with two attached hydrogens (primary N) is 1. The Balaban J connectivity index is 2.47. The highest BCUT2D eigenvalue weighted by Crippen LogP contribution is 2.26. The maximum Gasteiger partial charge on any atom is 0.0223 e. The van der Waals surface area contributed by atoms with Gasteiger partial charge in [-0.1, -0.05) is 20.8 Å². The lowest BCUT2D eigenvalue weighted by Gasteiger charge is -2.36. The third kappa shape index (κ3) is 3.94. The predicted molar refractivity (Wildman–Crippen MR) is 79.8 cm³/mol. The summed E-state index contributed by atoms with van der Waals surface area (Å²) in [5.74, 6) is 0. The Morgan fingerprint density at radius 3 is 2.44 bits per heavy atom. The molecule has 3 nitrogen and oxygen atoms in total. The molecule has 0 spiro atoms. The van der Waals surface area contributed by atoms with Crippen molar-refractivity contribution >= 4 is 0 Å². The summed E-state index contributed by atoms with van der Waals surface area (Å²) in [7, 11) is 2.27. The van der Waals surface area contributed by atoms with Gasteiger partial charge in [-0.2, -0.15) is 0 Å². The van der Waals surface area contributed by atoms with Gasteiger partial charge in [0.2, 0.25) is 0 Å². The van der Waals surface area contributed by atoms with Gasteiger partial charge < -0.3 is 10.6 Å². The molecule has 2 N–H and O–H groups in total. The smallest absolute Gasteiger partial charge is 0.0223 e. The van der Waals surface area contributed by atoms with Gasteiger partial charge in [0.25, 0.3) is 0 Å². The molecule has 3 heteroatoms. The number of rotatable bonds is 8. The van der Waals surface area contributed by atoms with E-state index in [-0.39, 0.29) is 0 Å². The van der Waals surface area contributed by atoms with E-state index in [0.29, 0.717) is 5.41 Å².